The van der Waals surface area contributed by atoms with Crippen molar-refractivity contribution in [3.05, 3.63) is 178 Å². The Kier molecular flexibility index (Phi) is 9.26. The Morgan fingerprint density at radius 3 is 2.15 bits per heavy atom. The summed E-state index contributed by atoms with van der Waals surface area (Å²) in [5, 5.41) is 1.08. The molecule has 0 spiro atoms. The summed E-state index contributed by atoms with van der Waals surface area (Å²) in [5.74, 6) is 3.71. The van der Waals surface area contributed by atoms with Gasteiger partial charge in [-0.25, -0.2) is 4.98 Å². The van der Waals surface area contributed by atoms with Gasteiger partial charge < -0.3 is 4.74 Å². The first-order valence-electron chi connectivity index (χ1n) is 19.0. The summed E-state index contributed by atoms with van der Waals surface area (Å²) in [6.45, 7) is 17.9. The Labute approximate surface area is 325 Å². The molecule has 8 rings (SSSR count). The van der Waals surface area contributed by atoms with Crippen molar-refractivity contribution in [2.75, 3.05) is 10.7 Å². The third-order valence-electron chi connectivity index (χ3n) is 11.1. The van der Waals surface area contributed by atoms with Crippen LogP contribution in [0, 0.1) is 20.8 Å². The fourth-order valence-corrected chi connectivity index (χ4v) is 9.34. The van der Waals surface area contributed by atoms with Crippen LogP contribution in [0.2, 0.25) is 0 Å². The lowest BCUT2D eigenvalue weighted by atomic mass is 9.72. The summed E-state index contributed by atoms with van der Waals surface area (Å²) in [5.41, 5.74) is 13.0. The van der Waals surface area contributed by atoms with Gasteiger partial charge in [0.2, 0.25) is 0 Å². The number of aryl methyl sites for hydroxylation is 3. The van der Waals surface area contributed by atoms with E-state index in [1.807, 2.05) is 18.0 Å². The smallest absolute Gasteiger partial charge is 0.141 e. The molecule has 2 aliphatic heterocycles. The Bertz CT molecular complexity index is 2340. The zero-order valence-corrected chi connectivity index (χ0v) is 33.5. The highest BCUT2D eigenvalue weighted by molar-refractivity contribution is 8.14. The first kappa shape index (κ1) is 35.9. The third-order valence-corrected chi connectivity index (χ3v) is 12.2. The molecule has 0 saturated carbocycles. The van der Waals surface area contributed by atoms with Crippen LogP contribution in [-0.2, 0) is 10.8 Å². The minimum Gasteiger partial charge on any atom is -0.457 e. The van der Waals surface area contributed by atoms with Crippen molar-refractivity contribution in [1.82, 2.24) is 4.98 Å². The van der Waals surface area contributed by atoms with E-state index in [-0.39, 0.29) is 22.8 Å². The van der Waals surface area contributed by atoms with Crippen LogP contribution >= 0.6 is 11.8 Å². The zero-order chi connectivity index (χ0) is 37.8. The SMILES string of the molecule is Cc1cc(Oc2cc(C3=N[C@H](C(c4ccccc4)c4ccccc4)CS3)c(C)cc2C)cc(N2c3ccc(C(C)(C)C)cc3C(C)(C)c3cccnc32)c1. The minimum atomic E-state index is -0.211. The second-order valence-corrected chi connectivity index (χ2v) is 17.5. The standard InChI is InChI=1S/C49H49N3OS/c1-31-24-37(52-43-22-21-36(48(4,5)6)27-41(43)49(7,8)40-20-15-23-50-46(40)52)28-38(25-31)53-44-29-39(32(2)26-33(44)3)47-51-42(30-54-47)45(34-16-11-9-12-17-34)35-18-13-10-14-19-35/h9-29,42,45H,30H2,1-8H3/t42-/m0/s1. The van der Waals surface area contributed by atoms with E-state index >= 15 is 0 Å². The molecule has 0 unspecified atom stereocenters. The molecule has 1 atom stereocenters. The molecule has 2 aliphatic rings. The van der Waals surface area contributed by atoms with Crippen LogP contribution in [0.5, 0.6) is 11.5 Å². The van der Waals surface area contributed by atoms with Gasteiger partial charge in [0.05, 0.1) is 22.5 Å². The fraction of sp³-hybridized carbons (Fsp3) is 0.265. The second kappa shape index (κ2) is 13.9. The molecular formula is C49H49N3OS. The van der Waals surface area contributed by atoms with Gasteiger partial charge in [0.25, 0.3) is 0 Å². The van der Waals surface area contributed by atoms with Crippen molar-refractivity contribution in [3.63, 3.8) is 0 Å². The molecule has 0 aliphatic carbocycles. The lowest BCUT2D eigenvalue weighted by molar-refractivity contribution is 0.478. The summed E-state index contributed by atoms with van der Waals surface area (Å²) in [4.78, 5) is 12.7. The molecule has 5 aromatic carbocycles. The van der Waals surface area contributed by atoms with E-state index in [1.54, 1.807) is 0 Å². The summed E-state index contributed by atoms with van der Waals surface area (Å²) in [6, 6.07) is 43.9. The molecule has 54 heavy (non-hydrogen) atoms. The average molecular weight is 728 g/mol. The highest BCUT2D eigenvalue weighted by atomic mass is 32.2. The van der Waals surface area contributed by atoms with Gasteiger partial charge in [0, 0.05) is 40.5 Å². The Morgan fingerprint density at radius 2 is 1.46 bits per heavy atom. The van der Waals surface area contributed by atoms with Crippen molar-refractivity contribution in [1.29, 1.82) is 0 Å². The molecule has 0 N–H and O–H groups in total. The van der Waals surface area contributed by atoms with Crippen molar-refractivity contribution in [2.24, 2.45) is 4.99 Å². The number of ether oxygens (including phenoxy) is 1. The fourth-order valence-electron chi connectivity index (χ4n) is 8.16. The number of thioether (sulfide) groups is 1. The van der Waals surface area contributed by atoms with Crippen LogP contribution in [0.1, 0.15) is 90.6 Å². The van der Waals surface area contributed by atoms with Gasteiger partial charge in [-0.15, -0.1) is 11.8 Å². The van der Waals surface area contributed by atoms with Crippen LogP contribution in [-0.4, -0.2) is 21.8 Å². The van der Waals surface area contributed by atoms with Gasteiger partial charge in [-0.1, -0.05) is 120 Å². The van der Waals surface area contributed by atoms with E-state index in [9.17, 15) is 0 Å². The van der Waals surface area contributed by atoms with Gasteiger partial charge in [-0.2, -0.15) is 0 Å². The maximum absolute atomic E-state index is 6.86. The molecule has 0 amide bonds. The molecule has 4 nitrogen and oxygen atoms in total. The summed E-state index contributed by atoms with van der Waals surface area (Å²) < 4.78 is 6.86. The van der Waals surface area contributed by atoms with Crippen molar-refractivity contribution in [3.8, 4) is 11.5 Å². The van der Waals surface area contributed by atoms with Gasteiger partial charge in [0.15, 0.2) is 0 Å². The number of aliphatic imine (C=N–C) groups is 1. The number of benzene rings is 5. The van der Waals surface area contributed by atoms with E-state index in [0.717, 1.165) is 56.2 Å². The molecule has 3 heterocycles. The normalized spacial score (nSPS) is 16.2. The lowest BCUT2D eigenvalue weighted by Gasteiger charge is -2.41. The van der Waals surface area contributed by atoms with Crippen LogP contribution in [0.15, 0.2) is 133 Å². The average Bonchev–Trinajstić information content (AvgIpc) is 3.62. The maximum Gasteiger partial charge on any atom is 0.141 e. The first-order chi connectivity index (χ1) is 25.9. The highest BCUT2D eigenvalue weighted by Gasteiger charge is 2.39. The highest BCUT2D eigenvalue weighted by Crippen LogP contribution is 2.52. The first-order valence-corrected chi connectivity index (χ1v) is 20.0. The monoisotopic (exact) mass is 727 g/mol. The molecule has 0 bridgehead atoms. The van der Waals surface area contributed by atoms with Crippen molar-refractivity contribution < 1.29 is 4.74 Å². The van der Waals surface area contributed by atoms with Crippen LogP contribution in [0.25, 0.3) is 0 Å². The minimum absolute atomic E-state index is 0.0369. The maximum atomic E-state index is 6.86. The Hall–Kier alpha value is -5.13. The summed E-state index contributed by atoms with van der Waals surface area (Å²) >= 11 is 1.85. The number of fused-ring (bicyclic) bond motifs is 2. The van der Waals surface area contributed by atoms with Crippen LogP contribution < -0.4 is 9.64 Å². The van der Waals surface area contributed by atoms with Crippen molar-refractivity contribution in [2.45, 2.75) is 78.2 Å². The molecule has 272 valence electrons. The second-order valence-electron chi connectivity index (χ2n) is 16.5. The van der Waals surface area contributed by atoms with Gasteiger partial charge in [0.1, 0.15) is 17.3 Å². The van der Waals surface area contributed by atoms with E-state index in [4.69, 9.17) is 14.7 Å². The number of aromatic nitrogens is 1. The summed E-state index contributed by atoms with van der Waals surface area (Å²) in [7, 11) is 0. The van der Waals surface area contributed by atoms with E-state index in [2.05, 4.69) is 182 Å². The number of rotatable bonds is 7. The molecule has 0 fully saturated rings. The number of hydrogen-bond donors (Lipinski definition) is 0. The Morgan fingerprint density at radius 1 is 0.759 bits per heavy atom. The van der Waals surface area contributed by atoms with E-state index < -0.39 is 0 Å². The molecule has 5 heteroatoms. The van der Waals surface area contributed by atoms with E-state index in [1.165, 1.54) is 33.4 Å². The molecule has 6 aromatic rings. The van der Waals surface area contributed by atoms with Gasteiger partial charge >= 0.3 is 0 Å². The Balaban J connectivity index is 1.16. The van der Waals surface area contributed by atoms with Crippen molar-refractivity contribution >= 4 is 34.0 Å². The van der Waals surface area contributed by atoms with Crippen LogP contribution in [0.3, 0.4) is 0 Å². The molecule has 0 saturated heterocycles. The topological polar surface area (TPSA) is 37.7 Å². The number of hydrogen-bond acceptors (Lipinski definition) is 5. The predicted octanol–water partition coefficient (Wildman–Crippen LogP) is 12.9. The quantitative estimate of drug-likeness (QED) is 0.164. The number of pyridine rings is 1. The van der Waals surface area contributed by atoms with Gasteiger partial charge in [-0.05, 0) is 95.5 Å². The number of anilines is 3. The molecule has 0 radical (unpaired) electrons. The largest absolute Gasteiger partial charge is 0.457 e. The van der Waals surface area contributed by atoms with E-state index in [0.29, 0.717) is 0 Å². The summed E-state index contributed by atoms with van der Waals surface area (Å²) in [6.07, 6.45) is 1.90. The molecule has 1 aromatic heterocycles. The lowest BCUT2D eigenvalue weighted by Crippen LogP contribution is -2.32. The van der Waals surface area contributed by atoms with Gasteiger partial charge in [-0.3, -0.25) is 9.89 Å². The number of nitrogens with zero attached hydrogens (tertiary/aromatic N) is 3. The van der Waals surface area contributed by atoms with Crippen LogP contribution in [0.4, 0.5) is 17.2 Å². The zero-order valence-electron chi connectivity index (χ0n) is 32.6. The predicted molar refractivity (Wildman–Crippen MR) is 228 cm³/mol. The third kappa shape index (κ3) is 6.64. The molecular weight excluding hydrogens is 679 g/mol.